The number of anilines is 6. The third-order valence-corrected chi connectivity index (χ3v) is 23.7. The Morgan fingerprint density at radius 1 is 0.262 bits per heavy atom. The van der Waals surface area contributed by atoms with E-state index >= 15 is 0 Å². The number of amides is 6. The minimum atomic E-state index is -0.399. The first kappa shape index (κ1) is 97.0. The third-order valence-electron chi connectivity index (χ3n) is 23.7. The molecule has 126 heavy (non-hydrogen) atoms. The van der Waals surface area contributed by atoms with E-state index in [4.69, 9.17) is 28.4 Å². The van der Waals surface area contributed by atoms with Crippen LogP contribution in [0.1, 0.15) is 300 Å². The summed E-state index contributed by atoms with van der Waals surface area (Å²) < 4.78 is 43.1. The Bertz CT molecular complexity index is 4370. The number of methoxy groups -OCH3 is 3. The summed E-state index contributed by atoms with van der Waals surface area (Å²) in [7, 11) is 5.28. The van der Waals surface area contributed by atoms with Crippen LogP contribution in [-0.4, -0.2) is 59.2 Å². The summed E-state index contributed by atoms with van der Waals surface area (Å²) in [6.07, 6.45) is 33.8. The number of allylic oxidation sites excluding steroid dienone is 3. The van der Waals surface area contributed by atoms with E-state index in [0.717, 1.165) is 199 Å². The molecule has 0 unspecified atom stereocenters. The number of carbonyl (C=O) groups is 3. The van der Waals surface area contributed by atoms with Crippen molar-refractivity contribution in [1.82, 2.24) is 0 Å². The molecule has 0 saturated carbocycles. The van der Waals surface area contributed by atoms with Gasteiger partial charge in [-0.05, 0) is 197 Å². The summed E-state index contributed by atoms with van der Waals surface area (Å²) in [4.78, 5) is 44.1. The molecule has 9 aromatic carbocycles. The molecule has 672 valence electrons. The molecule has 0 heterocycles. The molecule has 6 amide bonds. The summed E-state index contributed by atoms with van der Waals surface area (Å²) >= 11 is 0. The zero-order valence-corrected chi connectivity index (χ0v) is 78.0. The van der Waals surface area contributed by atoms with E-state index in [1.807, 2.05) is 109 Å². The van der Waals surface area contributed by atoms with Crippen LogP contribution in [-0.2, 0) is 54.8 Å². The van der Waals surface area contributed by atoms with E-state index in [9.17, 15) is 14.4 Å². The number of carbonyl (C=O) groups excluding carboxylic acids is 3. The summed E-state index contributed by atoms with van der Waals surface area (Å²) in [5, 5.41) is 19.3. The first-order valence-corrected chi connectivity index (χ1v) is 46.5. The molecule has 15 heteroatoms. The number of benzene rings is 9. The van der Waals surface area contributed by atoms with Crippen LogP contribution >= 0.6 is 0 Å². The first-order valence-electron chi connectivity index (χ1n) is 46.5. The highest BCUT2D eigenvalue weighted by Crippen LogP contribution is 2.46. The Balaban J connectivity index is 1.27. The fourth-order valence-electron chi connectivity index (χ4n) is 17.0. The number of urea groups is 3. The average molecular weight is 1710 g/mol. The Morgan fingerprint density at radius 3 is 0.635 bits per heavy atom. The summed E-state index contributed by atoms with van der Waals surface area (Å²) in [5.41, 5.74) is 16.5. The van der Waals surface area contributed by atoms with Crippen LogP contribution in [0.5, 0.6) is 34.5 Å². The molecule has 12 bridgehead atoms. The number of nitrogens with one attached hydrogen (secondary N) is 6. The van der Waals surface area contributed by atoms with Gasteiger partial charge in [-0.15, -0.1) is 19.7 Å². The quantitative estimate of drug-likeness (QED) is 0.0160. The topological polar surface area (TPSA) is 179 Å². The molecule has 9 aromatic rings. The number of hydrogen-bond acceptors (Lipinski definition) is 9. The molecule has 6 N–H and O–H groups in total. The Hall–Kier alpha value is -11.2. The normalized spacial score (nSPS) is 12.2. The van der Waals surface area contributed by atoms with Crippen molar-refractivity contribution in [1.29, 1.82) is 0 Å². The van der Waals surface area contributed by atoms with Crippen molar-refractivity contribution in [3.8, 4) is 34.5 Å². The number of rotatable bonds is 42. The molecule has 15 nitrogen and oxygen atoms in total. The zero-order valence-electron chi connectivity index (χ0n) is 78.0. The molecular weight excluding hydrogens is 1560 g/mol. The smallest absolute Gasteiger partial charge is 0.323 e. The molecule has 0 spiro atoms. The van der Waals surface area contributed by atoms with Crippen LogP contribution in [0.2, 0.25) is 0 Å². The molecule has 0 atom stereocenters. The summed E-state index contributed by atoms with van der Waals surface area (Å²) in [6, 6.07) is 53.5. The van der Waals surface area contributed by atoms with E-state index in [1.54, 1.807) is 21.3 Å². The molecule has 0 fully saturated rings. The second-order valence-corrected chi connectivity index (χ2v) is 37.2. The average Bonchev–Trinajstić information content (AvgIpc) is 0.771. The summed E-state index contributed by atoms with van der Waals surface area (Å²) in [5.74, 6) is 4.23. The predicted molar refractivity (Wildman–Crippen MR) is 526 cm³/mol. The van der Waals surface area contributed by atoms with Gasteiger partial charge in [0.15, 0.2) is 0 Å². The molecule has 0 aliphatic heterocycles. The molecular formula is C111H144N6O9. The fourth-order valence-corrected chi connectivity index (χ4v) is 17.0. The highest BCUT2D eigenvalue weighted by Gasteiger charge is 2.30. The third kappa shape index (κ3) is 30.0. The first-order chi connectivity index (χ1) is 60.8. The number of unbranched alkanes of at least 4 members (excludes halogenated alkanes) is 21. The Labute approximate surface area is 754 Å². The highest BCUT2D eigenvalue weighted by molar-refractivity contribution is 6.01. The second-order valence-electron chi connectivity index (χ2n) is 37.2. The van der Waals surface area contributed by atoms with Crippen molar-refractivity contribution in [2.24, 2.45) is 0 Å². The van der Waals surface area contributed by atoms with Gasteiger partial charge in [0.25, 0.3) is 0 Å². The van der Waals surface area contributed by atoms with Gasteiger partial charge in [0, 0.05) is 106 Å². The molecule has 0 radical (unpaired) electrons. The van der Waals surface area contributed by atoms with Crippen LogP contribution in [0.25, 0.3) is 0 Å². The van der Waals surface area contributed by atoms with Gasteiger partial charge in [-0.2, -0.15) is 0 Å². The minimum absolute atomic E-state index is 0.332. The highest BCUT2D eigenvalue weighted by atomic mass is 16.5. The second kappa shape index (κ2) is 49.1. The van der Waals surface area contributed by atoms with Crippen LogP contribution in [0, 0.1) is 0 Å². The van der Waals surface area contributed by atoms with Crippen LogP contribution < -0.4 is 60.3 Å². The Morgan fingerprint density at radius 2 is 0.444 bits per heavy atom. The van der Waals surface area contributed by atoms with Gasteiger partial charge in [0.2, 0.25) is 0 Å². The Kier molecular flexibility index (Phi) is 37.8. The van der Waals surface area contributed by atoms with Gasteiger partial charge < -0.3 is 60.3 Å². The monoisotopic (exact) mass is 1710 g/mol. The molecule has 0 aromatic heterocycles. The minimum Gasteiger partial charge on any atom is -0.496 e. The van der Waals surface area contributed by atoms with Crippen molar-refractivity contribution >= 4 is 52.2 Å². The van der Waals surface area contributed by atoms with Gasteiger partial charge in [-0.3, -0.25) is 0 Å². The van der Waals surface area contributed by atoms with Gasteiger partial charge in [0.1, 0.15) is 34.5 Å². The maximum atomic E-state index is 14.7. The number of para-hydroxylation sites is 3. The standard InChI is InChI=1S/C111H144N6O9/c1-16-19-22-25-28-31-34-37-49-58-124-103-85-61-79-67-91(109(4,5)6)69-81(100(79)121-13)63-87-75-98(116-107(119)113-95-54-45-41-46-55-95)77-89(104(87)125-59-50-38-35-32-29-26-23-20-17-2)65-83-71-93(111(10,11)12)72-84(102(83)123-15)66-90-78-99(117-108(120)114-96-56-47-42-48-57-96)76-88(105(90)126-60-51-39-36-33-30-27-24-21-18-3)64-82-70-92(110(7,8)9)68-80(101(82)122-14)62-86(103)74-97(73-85)115-106(118)112-94-52-43-40-44-53-94/h16-18,40-48,52-57,67-78H,1-3,19-39,49-51,58-66H2,4-15H3,(H2,112,115,118)(H2,113,116,119)(H2,114,117,120). The van der Waals surface area contributed by atoms with Crippen molar-refractivity contribution < 1.29 is 42.8 Å². The molecule has 10 rings (SSSR count). The largest absolute Gasteiger partial charge is 0.496 e. The lowest BCUT2D eigenvalue weighted by Crippen LogP contribution is -2.20. The number of ether oxygens (including phenoxy) is 6. The molecule has 0 saturated heterocycles. The molecule has 1 aliphatic carbocycles. The number of hydrogen-bond donors (Lipinski definition) is 6. The van der Waals surface area contributed by atoms with E-state index in [-0.39, 0.29) is 16.2 Å². The van der Waals surface area contributed by atoms with Crippen LogP contribution in [0.15, 0.2) is 202 Å². The van der Waals surface area contributed by atoms with Crippen LogP contribution in [0.4, 0.5) is 48.5 Å². The van der Waals surface area contributed by atoms with Crippen LogP contribution in [0.3, 0.4) is 0 Å². The van der Waals surface area contributed by atoms with Crippen molar-refractivity contribution in [2.75, 3.05) is 73.1 Å². The van der Waals surface area contributed by atoms with Gasteiger partial charge in [-0.1, -0.05) is 268 Å². The van der Waals surface area contributed by atoms with Gasteiger partial charge in [-0.25, -0.2) is 14.4 Å². The van der Waals surface area contributed by atoms with E-state index in [1.165, 1.54) is 38.5 Å². The van der Waals surface area contributed by atoms with Crippen molar-refractivity contribution in [2.45, 2.75) is 271 Å². The fraction of sp³-hybridized carbons (Fsp3) is 0.432. The predicted octanol–water partition coefficient (Wildman–Crippen LogP) is 29.5. The number of fused-ring (bicyclic) bond motifs is 12. The van der Waals surface area contributed by atoms with Gasteiger partial charge in [0.05, 0.1) is 41.2 Å². The zero-order chi connectivity index (χ0) is 89.9. The maximum Gasteiger partial charge on any atom is 0.323 e. The SMILES string of the molecule is C=CCCCCCCCCCOc1c2cc(NC(=O)Nc3ccccc3)cc1Cc1cc(C(C)(C)C)cc(c1OC)Cc1cc(NC(=O)Nc3ccccc3)cc(c1OCCCCCCCCCC=C)Cc1cc(C(C)(C)C)cc(c1OC)Cc1cc(NC(=O)Nc3ccccc3)cc(c1OCCCCCCCCCC=C)Cc1cc(C(C)(C)C)cc(c1OC)C2. The van der Waals surface area contributed by atoms with E-state index < -0.39 is 18.1 Å². The lowest BCUT2D eigenvalue weighted by Gasteiger charge is -2.27. The summed E-state index contributed by atoms with van der Waals surface area (Å²) in [6.45, 7) is 33.5. The lowest BCUT2D eigenvalue weighted by atomic mass is 9.81. The van der Waals surface area contributed by atoms with E-state index in [2.05, 4.69) is 187 Å². The van der Waals surface area contributed by atoms with Gasteiger partial charge >= 0.3 is 18.1 Å². The lowest BCUT2D eigenvalue weighted by molar-refractivity contribution is 0.261. The molecule has 1 aliphatic rings. The van der Waals surface area contributed by atoms with Crippen molar-refractivity contribution in [3.05, 3.63) is 285 Å². The van der Waals surface area contributed by atoms with E-state index in [0.29, 0.717) is 127 Å². The van der Waals surface area contributed by atoms with Crippen molar-refractivity contribution in [3.63, 3.8) is 0 Å². The maximum absolute atomic E-state index is 14.7.